The van der Waals surface area contributed by atoms with Gasteiger partial charge in [-0.15, -0.1) is 0 Å². The third-order valence-electron chi connectivity index (χ3n) is 8.38. The number of likely N-dealkylation sites (tertiary alicyclic amines) is 1. The second-order valence-corrected chi connectivity index (χ2v) is 11.4. The Morgan fingerprint density at radius 3 is 2.58 bits per heavy atom. The molecular formula is C34H41ClN2O3. The molecule has 6 heteroatoms. The molecule has 212 valence electrons. The van der Waals surface area contributed by atoms with E-state index in [1.165, 1.54) is 29.5 Å². The molecule has 0 saturated carbocycles. The number of carbonyl (C=O) groups excluding carboxylic acids is 1. The van der Waals surface area contributed by atoms with Gasteiger partial charge in [0.2, 0.25) is 0 Å². The van der Waals surface area contributed by atoms with Gasteiger partial charge in [-0.3, -0.25) is 4.79 Å². The van der Waals surface area contributed by atoms with E-state index in [-0.39, 0.29) is 12.5 Å². The minimum absolute atomic E-state index is 0.0519. The Morgan fingerprint density at radius 1 is 1.00 bits per heavy atom. The SMILES string of the molecule is O=C(NCCCCN1CCC(c2ccc3c(c2OCCO)CCCC3)CC1)c1ccc(-c2ccccc2)c(Cl)c1. The molecule has 0 spiro atoms. The zero-order valence-corrected chi connectivity index (χ0v) is 24.1. The Hall–Kier alpha value is -2.86. The van der Waals surface area contributed by atoms with Gasteiger partial charge in [-0.25, -0.2) is 0 Å². The minimum Gasteiger partial charge on any atom is -0.491 e. The lowest BCUT2D eigenvalue weighted by Gasteiger charge is -2.34. The Balaban J connectivity index is 1.05. The van der Waals surface area contributed by atoms with E-state index in [0.717, 1.165) is 75.0 Å². The van der Waals surface area contributed by atoms with Gasteiger partial charge in [-0.1, -0.05) is 60.1 Å². The lowest BCUT2D eigenvalue weighted by atomic mass is 9.83. The van der Waals surface area contributed by atoms with Crippen LogP contribution in [-0.4, -0.2) is 55.3 Å². The number of piperidine rings is 1. The number of aliphatic hydroxyl groups is 1. The molecule has 1 aliphatic heterocycles. The van der Waals surface area contributed by atoms with Crippen molar-refractivity contribution in [2.75, 3.05) is 39.4 Å². The molecule has 2 aliphatic rings. The second-order valence-electron chi connectivity index (χ2n) is 11.0. The number of aliphatic hydroxyl groups excluding tert-OH is 1. The lowest BCUT2D eigenvalue weighted by molar-refractivity contribution is 0.0952. The van der Waals surface area contributed by atoms with Crippen LogP contribution in [0.25, 0.3) is 11.1 Å². The number of aryl methyl sites for hydroxylation is 1. The van der Waals surface area contributed by atoms with Crippen LogP contribution in [0.2, 0.25) is 5.02 Å². The number of benzene rings is 3. The number of ether oxygens (including phenoxy) is 1. The van der Waals surface area contributed by atoms with E-state index in [9.17, 15) is 9.90 Å². The predicted molar refractivity (Wildman–Crippen MR) is 163 cm³/mol. The molecule has 0 aromatic heterocycles. The van der Waals surface area contributed by atoms with Crippen molar-refractivity contribution in [3.63, 3.8) is 0 Å². The molecule has 1 saturated heterocycles. The van der Waals surface area contributed by atoms with E-state index >= 15 is 0 Å². The van der Waals surface area contributed by atoms with Gasteiger partial charge in [-0.05, 0) is 111 Å². The largest absolute Gasteiger partial charge is 0.491 e. The van der Waals surface area contributed by atoms with Crippen LogP contribution in [0.1, 0.15) is 71.5 Å². The molecule has 1 heterocycles. The van der Waals surface area contributed by atoms with E-state index in [1.54, 1.807) is 6.07 Å². The summed E-state index contributed by atoms with van der Waals surface area (Å²) in [4.78, 5) is 15.2. The summed E-state index contributed by atoms with van der Waals surface area (Å²) in [6.45, 7) is 4.30. The van der Waals surface area contributed by atoms with Crippen LogP contribution in [0, 0.1) is 0 Å². The minimum atomic E-state index is -0.0772. The Labute approximate surface area is 243 Å². The van der Waals surface area contributed by atoms with Gasteiger partial charge in [0.1, 0.15) is 12.4 Å². The van der Waals surface area contributed by atoms with Crippen molar-refractivity contribution in [2.24, 2.45) is 0 Å². The first kappa shape index (κ1) is 28.7. The molecule has 1 fully saturated rings. The van der Waals surface area contributed by atoms with Crippen molar-refractivity contribution >= 4 is 17.5 Å². The second kappa shape index (κ2) is 14.2. The molecule has 1 aliphatic carbocycles. The van der Waals surface area contributed by atoms with Gasteiger partial charge in [0.05, 0.1) is 6.61 Å². The average Bonchev–Trinajstić information content (AvgIpc) is 3.00. The van der Waals surface area contributed by atoms with Gasteiger partial charge in [0.25, 0.3) is 5.91 Å². The van der Waals surface area contributed by atoms with E-state index in [1.807, 2.05) is 42.5 Å². The van der Waals surface area contributed by atoms with E-state index in [4.69, 9.17) is 16.3 Å². The summed E-state index contributed by atoms with van der Waals surface area (Å²) in [7, 11) is 0. The molecule has 0 atom stereocenters. The Bertz CT molecular complexity index is 1270. The Kier molecular flexibility index (Phi) is 10.1. The van der Waals surface area contributed by atoms with Crippen LogP contribution < -0.4 is 10.1 Å². The summed E-state index contributed by atoms with van der Waals surface area (Å²) < 4.78 is 6.13. The van der Waals surface area contributed by atoms with Crippen molar-refractivity contribution in [3.8, 4) is 16.9 Å². The number of halogens is 1. The van der Waals surface area contributed by atoms with Gasteiger partial charge in [0.15, 0.2) is 0 Å². The normalized spacial score (nSPS) is 15.9. The van der Waals surface area contributed by atoms with Crippen LogP contribution >= 0.6 is 11.6 Å². The number of carbonyl (C=O) groups is 1. The summed E-state index contributed by atoms with van der Waals surface area (Å²) in [5, 5.41) is 13.0. The first-order valence-corrected chi connectivity index (χ1v) is 15.3. The molecule has 0 unspecified atom stereocenters. The van der Waals surface area contributed by atoms with E-state index in [2.05, 4.69) is 22.3 Å². The molecular weight excluding hydrogens is 520 g/mol. The van der Waals surface area contributed by atoms with Gasteiger partial charge >= 0.3 is 0 Å². The van der Waals surface area contributed by atoms with Crippen molar-refractivity contribution < 1.29 is 14.6 Å². The fourth-order valence-electron chi connectivity index (χ4n) is 6.19. The highest BCUT2D eigenvalue weighted by Gasteiger charge is 2.26. The fourth-order valence-corrected chi connectivity index (χ4v) is 6.48. The van der Waals surface area contributed by atoms with Crippen molar-refractivity contribution in [2.45, 2.75) is 57.3 Å². The molecule has 3 aromatic carbocycles. The lowest BCUT2D eigenvalue weighted by Crippen LogP contribution is -2.34. The summed E-state index contributed by atoms with van der Waals surface area (Å²) in [6.07, 6.45) is 8.97. The highest BCUT2D eigenvalue weighted by Crippen LogP contribution is 2.40. The quantitative estimate of drug-likeness (QED) is 0.258. The van der Waals surface area contributed by atoms with Crippen molar-refractivity contribution in [3.05, 3.63) is 87.9 Å². The Morgan fingerprint density at radius 2 is 1.80 bits per heavy atom. The topological polar surface area (TPSA) is 61.8 Å². The standard InChI is InChI=1S/C34H41ClN2O3/c35-32-24-28(13-14-29(32)25-8-2-1-3-9-25)34(39)36-18-6-7-19-37-20-16-27(17-21-37)31-15-12-26-10-4-5-11-30(26)33(31)40-23-22-38/h1-3,8-9,12-15,24,27,38H,4-7,10-11,16-23H2,(H,36,39). The first-order valence-electron chi connectivity index (χ1n) is 14.9. The molecule has 0 bridgehead atoms. The third-order valence-corrected chi connectivity index (χ3v) is 8.69. The summed E-state index contributed by atoms with van der Waals surface area (Å²) in [5.41, 5.74) is 6.73. The number of rotatable bonds is 11. The molecule has 5 nitrogen and oxygen atoms in total. The molecule has 3 aromatic rings. The maximum atomic E-state index is 12.7. The van der Waals surface area contributed by atoms with Crippen molar-refractivity contribution in [1.29, 1.82) is 0 Å². The molecule has 2 N–H and O–H groups in total. The predicted octanol–water partition coefficient (Wildman–Crippen LogP) is 6.65. The van der Waals surface area contributed by atoms with E-state index in [0.29, 0.717) is 29.7 Å². The highest BCUT2D eigenvalue weighted by molar-refractivity contribution is 6.33. The maximum Gasteiger partial charge on any atom is 0.251 e. The smallest absolute Gasteiger partial charge is 0.251 e. The van der Waals surface area contributed by atoms with Crippen LogP contribution in [0.15, 0.2) is 60.7 Å². The summed E-state index contributed by atoms with van der Waals surface area (Å²) in [6, 6.07) is 20.1. The number of hydrogen-bond acceptors (Lipinski definition) is 4. The van der Waals surface area contributed by atoms with Crippen LogP contribution in [0.4, 0.5) is 0 Å². The van der Waals surface area contributed by atoms with Crippen molar-refractivity contribution in [1.82, 2.24) is 10.2 Å². The van der Waals surface area contributed by atoms with Gasteiger partial charge < -0.3 is 20.1 Å². The maximum absolute atomic E-state index is 12.7. The zero-order valence-electron chi connectivity index (χ0n) is 23.3. The van der Waals surface area contributed by atoms with Gasteiger partial charge in [-0.2, -0.15) is 0 Å². The summed E-state index contributed by atoms with van der Waals surface area (Å²) in [5.74, 6) is 1.50. The molecule has 40 heavy (non-hydrogen) atoms. The third kappa shape index (κ3) is 7.06. The van der Waals surface area contributed by atoms with Gasteiger partial charge in [0, 0.05) is 22.7 Å². The number of unbranched alkanes of at least 4 members (excludes halogenated alkanes) is 1. The number of hydrogen-bond donors (Lipinski definition) is 2. The number of nitrogens with zero attached hydrogens (tertiary/aromatic N) is 1. The summed E-state index contributed by atoms with van der Waals surface area (Å²) >= 11 is 6.49. The first-order chi connectivity index (χ1) is 19.6. The molecule has 1 amide bonds. The molecule has 0 radical (unpaired) electrons. The fraction of sp³-hybridized carbons (Fsp3) is 0.441. The van der Waals surface area contributed by atoms with Crippen LogP contribution in [0.3, 0.4) is 0 Å². The van der Waals surface area contributed by atoms with Crippen LogP contribution in [0.5, 0.6) is 5.75 Å². The number of nitrogens with one attached hydrogen (secondary N) is 1. The monoisotopic (exact) mass is 560 g/mol. The highest BCUT2D eigenvalue weighted by atomic mass is 35.5. The zero-order chi connectivity index (χ0) is 27.7. The number of amides is 1. The average molecular weight is 561 g/mol. The van der Waals surface area contributed by atoms with Crippen LogP contribution in [-0.2, 0) is 12.8 Å². The van der Waals surface area contributed by atoms with E-state index < -0.39 is 0 Å². The number of fused-ring (bicyclic) bond motifs is 1. The molecule has 5 rings (SSSR count).